The molecule has 1 heterocycles. The Bertz CT molecular complexity index is 1220. The van der Waals surface area contributed by atoms with E-state index in [4.69, 9.17) is 21.1 Å². The molecule has 1 aliphatic rings. The fourth-order valence-corrected chi connectivity index (χ4v) is 3.77. The average molecular weight is 451 g/mol. The summed E-state index contributed by atoms with van der Waals surface area (Å²) in [6.45, 7) is 8.50. The maximum absolute atomic E-state index is 13.2. The molecule has 32 heavy (non-hydrogen) atoms. The van der Waals surface area contributed by atoms with E-state index in [1.165, 1.54) is 17.7 Å². The van der Waals surface area contributed by atoms with Gasteiger partial charge in [-0.2, -0.15) is 0 Å². The molecule has 1 aliphatic heterocycles. The van der Waals surface area contributed by atoms with Crippen molar-refractivity contribution in [3.63, 3.8) is 0 Å². The number of rotatable bonds is 4. The van der Waals surface area contributed by atoms with Crippen molar-refractivity contribution in [2.45, 2.75) is 39.7 Å². The molecule has 0 spiro atoms. The van der Waals surface area contributed by atoms with Crippen LogP contribution in [0.1, 0.15) is 53.4 Å². The molecule has 0 saturated heterocycles. The maximum Gasteiger partial charge on any atom is 0.231 e. The van der Waals surface area contributed by atoms with Crippen LogP contribution in [-0.4, -0.2) is 5.78 Å². The number of ether oxygens (including phenoxy) is 2. The summed E-state index contributed by atoms with van der Waals surface area (Å²) in [6, 6.07) is 15.7. The molecule has 4 rings (SSSR count). The van der Waals surface area contributed by atoms with Gasteiger partial charge in [0.05, 0.1) is 10.6 Å². The first kappa shape index (κ1) is 22.1. The van der Waals surface area contributed by atoms with Crippen molar-refractivity contribution in [1.29, 1.82) is 0 Å². The standard InChI is InChI=1S/C27H24ClFO3/c1-16-23(31-15-18-7-10-20(29)14-22(18)28)12-11-21-25(30)24(32-26(16)21)13-17-5-8-19(9-6-17)27(2,3)4/h5-14H,15H2,1-4H3/b24-13-. The Hall–Kier alpha value is -3.11. The number of hydrogen-bond acceptors (Lipinski definition) is 3. The second-order valence-electron chi connectivity index (χ2n) is 8.90. The lowest BCUT2D eigenvalue weighted by molar-refractivity contribution is 0.101. The van der Waals surface area contributed by atoms with Crippen molar-refractivity contribution >= 4 is 23.5 Å². The highest BCUT2D eigenvalue weighted by Crippen LogP contribution is 2.39. The third-order valence-corrected chi connectivity index (χ3v) is 5.86. The van der Waals surface area contributed by atoms with Gasteiger partial charge in [0.2, 0.25) is 5.78 Å². The Morgan fingerprint density at radius 3 is 2.44 bits per heavy atom. The fourth-order valence-electron chi connectivity index (χ4n) is 3.55. The second kappa shape index (κ2) is 8.44. The van der Waals surface area contributed by atoms with Crippen molar-refractivity contribution < 1.29 is 18.7 Å². The highest BCUT2D eigenvalue weighted by atomic mass is 35.5. The summed E-state index contributed by atoms with van der Waals surface area (Å²) in [6.07, 6.45) is 1.76. The van der Waals surface area contributed by atoms with Gasteiger partial charge in [-0.15, -0.1) is 0 Å². The fraction of sp³-hybridized carbons (Fsp3) is 0.222. The molecular formula is C27H24ClFO3. The smallest absolute Gasteiger partial charge is 0.231 e. The van der Waals surface area contributed by atoms with Gasteiger partial charge in [-0.25, -0.2) is 4.39 Å². The lowest BCUT2D eigenvalue weighted by Gasteiger charge is -2.18. The molecule has 5 heteroatoms. The number of Topliss-reactive ketones (excluding diaryl/α,β-unsaturated/α-hetero) is 1. The molecule has 0 N–H and O–H groups in total. The number of benzene rings is 3. The molecule has 0 unspecified atom stereocenters. The van der Waals surface area contributed by atoms with Crippen LogP contribution in [0.15, 0.2) is 60.4 Å². The Labute approximate surface area is 192 Å². The Balaban J connectivity index is 1.54. The van der Waals surface area contributed by atoms with Gasteiger partial charge >= 0.3 is 0 Å². The van der Waals surface area contributed by atoms with Crippen LogP contribution >= 0.6 is 11.6 Å². The summed E-state index contributed by atoms with van der Waals surface area (Å²) in [4.78, 5) is 12.9. The molecule has 3 aromatic rings. The van der Waals surface area contributed by atoms with Crippen molar-refractivity contribution in [3.05, 3.63) is 99.0 Å². The first-order valence-electron chi connectivity index (χ1n) is 10.4. The summed E-state index contributed by atoms with van der Waals surface area (Å²) >= 11 is 6.08. The van der Waals surface area contributed by atoms with E-state index in [0.717, 1.165) is 11.1 Å². The van der Waals surface area contributed by atoms with E-state index < -0.39 is 5.82 Å². The monoisotopic (exact) mass is 450 g/mol. The number of allylic oxidation sites excluding steroid dienone is 1. The van der Waals surface area contributed by atoms with Gasteiger partial charge in [0.15, 0.2) is 5.76 Å². The minimum Gasteiger partial charge on any atom is -0.488 e. The minimum atomic E-state index is -0.397. The van der Waals surface area contributed by atoms with Crippen LogP contribution in [0.2, 0.25) is 5.02 Å². The zero-order chi connectivity index (χ0) is 23.0. The van der Waals surface area contributed by atoms with Crippen LogP contribution in [-0.2, 0) is 12.0 Å². The van der Waals surface area contributed by atoms with Gasteiger partial charge in [-0.05, 0) is 53.8 Å². The van der Waals surface area contributed by atoms with E-state index in [0.29, 0.717) is 27.6 Å². The van der Waals surface area contributed by atoms with Crippen molar-refractivity contribution in [2.24, 2.45) is 0 Å². The summed E-state index contributed by atoms with van der Waals surface area (Å²) in [5.41, 5.74) is 4.08. The van der Waals surface area contributed by atoms with E-state index >= 15 is 0 Å². The Morgan fingerprint density at radius 1 is 1.06 bits per heavy atom. The molecule has 3 nitrogen and oxygen atoms in total. The number of carbonyl (C=O) groups excluding carboxylic acids is 1. The lowest BCUT2D eigenvalue weighted by atomic mass is 9.86. The highest BCUT2D eigenvalue weighted by Gasteiger charge is 2.30. The first-order chi connectivity index (χ1) is 15.1. The van der Waals surface area contributed by atoms with Gasteiger partial charge in [0, 0.05) is 11.1 Å². The van der Waals surface area contributed by atoms with Crippen LogP contribution < -0.4 is 9.47 Å². The molecule has 0 atom stereocenters. The van der Waals surface area contributed by atoms with Crippen molar-refractivity contribution in [3.8, 4) is 11.5 Å². The average Bonchev–Trinajstić information content (AvgIpc) is 3.05. The molecule has 164 valence electrons. The zero-order valence-corrected chi connectivity index (χ0v) is 19.2. The molecule has 0 saturated carbocycles. The number of hydrogen-bond donors (Lipinski definition) is 0. The van der Waals surface area contributed by atoms with E-state index in [-0.39, 0.29) is 23.6 Å². The largest absolute Gasteiger partial charge is 0.488 e. The first-order valence-corrected chi connectivity index (χ1v) is 10.8. The second-order valence-corrected chi connectivity index (χ2v) is 9.31. The van der Waals surface area contributed by atoms with E-state index in [1.807, 2.05) is 19.1 Å². The van der Waals surface area contributed by atoms with Crippen LogP contribution in [0.4, 0.5) is 4.39 Å². The number of carbonyl (C=O) groups is 1. The number of halogens is 2. The van der Waals surface area contributed by atoms with Gasteiger partial charge < -0.3 is 9.47 Å². The van der Waals surface area contributed by atoms with E-state index in [1.54, 1.807) is 24.3 Å². The van der Waals surface area contributed by atoms with E-state index in [2.05, 4.69) is 32.9 Å². The van der Waals surface area contributed by atoms with Gasteiger partial charge in [0.1, 0.15) is 23.9 Å². The van der Waals surface area contributed by atoms with Crippen LogP contribution in [0.3, 0.4) is 0 Å². The van der Waals surface area contributed by atoms with Crippen LogP contribution in [0.25, 0.3) is 6.08 Å². The predicted octanol–water partition coefficient (Wildman–Crippen LogP) is 7.28. The SMILES string of the molecule is Cc1c(OCc2ccc(F)cc2Cl)ccc2c1O/C(=C\c1ccc(C(C)(C)C)cc1)C2=O. The molecule has 0 fully saturated rings. The predicted molar refractivity (Wildman–Crippen MR) is 125 cm³/mol. The molecule has 0 aromatic heterocycles. The third kappa shape index (κ3) is 4.42. The van der Waals surface area contributed by atoms with Gasteiger partial charge in [-0.1, -0.05) is 62.7 Å². The van der Waals surface area contributed by atoms with Gasteiger partial charge in [0.25, 0.3) is 0 Å². The molecule has 0 bridgehead atoms. The molecule has 3 aromatic carbocycles. The topological polar surface area (TPSA) is 35.5 Å². The third-order valence-electron chi connectivity index (χ3n) is 5.51. The number of fused-ring (bicyclic) bond motifs is 1. The summed E-state index contributed by atoms with van der Waals surface area (Å²) in [7, 11) is 0. The van der Waals surface area contributed by atoms with Crippen molar-refractivity contribution in [1.82, 2.24) is 0 Å². The molecular weight excluding hydrogens is 427 g/mol. The number of ketones is 1. The van der Waals surface area contributed by atoms with Crippen LogP contribution in [0.5, 0.6) is 11.5 Å². The highest BCUT2D eigenvalue weighted by molar-refractivity contribution is 6.31. The maximum atomic E-state index is 13.2. The summed E-state index contributed by atoms with van der Waals surface area (Å²) in [5, 5.41) is 0.304. The van der Waals surface area contributed by atoms with Gasteiger partial charge in [-0.3, -0.25) is 4.79 Å². The Kier molecular flexibility index (Phi) is 5.83. The summed E-state index contributed by atoms with van der Waals surface area (Å²) < 4.78 is 25.1. The Morgan fingerprint density at radius 2 is 1.78 bits per heavy atom. The normalized spacial score (nSPS) is 14.4. The minimum absolute atomic E-state index is 0.0627. The molecule has 0 aliphatic carbocycles. The quantitative estimate of drug-likeness (QED) is 0.392. The summed E-state index contributed by atoms with van der Waals surface area (Å²) in [5.74, 6) is 0.802. The molecule has 0 amide bonds. The van der Waals surface area contributed by atoms with Crippen LogP contribution in [0, 0.1) is 12.7 Å². The lowest BCUT2D eigenvalue weighted by Crippen LogP contribution is -2.10. The zero-order valence-electron chi connectivity index (χ0n) is 18.5. The molecule has 0 radical (unpaired) electrons. The van der Waals surface area contributed by atoms with Crippen molar-refractivity contribution in [2.75, 3.05) is 0 Å². The van der Waals surface area contributed by atoms with E-state index in [9.17, 15) is 9.18 Å².